The van der Waals surface area contributed by atoms with Gasteiger partial charge < -0.3 is 24.6 Å². The van der Waals surface area contributed by atoms with Gasteiger partial charge in [0.05, 0.1) is 18.8 Å². The Bertz CT molecular complexity index is 868. The second-order valence-corrected chi connectivity index (χ2v) is 5.80. The van der Waals surface area contributed by atoms with E-state index in [1.165, 1.54) is 32.0 Å². The Morgan fingerprint density at radius 3 is 2.41 bits per heavy atom. The topological polar surface area (TPSA) is 103 Å². The van der Waals surface area contributed by atoms with Gasteiger partial charge in [-0.3, -0.25) is 4.79 Å². The van der Waals surface area contributed by atoms with Crippen molar-refractivity contribution in [1.82, 2.24) is 10.5 Å². The summed E-state index contributed by atoms with van der Waals surface area (Å²) in [7, 11) is 0. The van der Waals surface area contributed by atoms with Crippen LogP contribution in [-0.2, 0) is 9.53 Å². The minimum Gasteiger partial charge on any atom is -0.493 e. The van der Waals surface area contributed by atoms with Crippen LogP contribution in [0.2, 0.25) is 0 Å². The summed E-state index contributed by atoms with van der Waals surface area (Å²) in [5.74, 6) is -3.11. The SMILES string of the molecule is CCOC(=O)[C@@](NC(=O)c1ccccc1OCC)(Nc1cc(C)on1)C(F)(F)F. The molecule has 0 saturated carbocycles. The van der Waals surface area contributed by atoms with E-state index >= 15 is 0 Å². The van der Waals surface area contributed by atoms with Crippen molar-refractivity contribution < 1.29 is 36.8 Å². The van der Waals surface area contributed by atoms with Crippen molar-refractivity contribution in [3.05, 3.63) is 41.7 Å². The van der Waals surface area contributed by atoms with Crippen LogP contribution in [0, 0.1) is 6.92 Å². The number of hydrogen-bond donors (Lipinski definition) is 2. The van der Waals surface area contributed by atoms with E-state index in [4.69, 9.17) is 9.26 Å². The number of anilines is 1. The molecular formula is C18H20F3N3O5. The molecule has 11 heteroatoms. The normalized spacial score (nSPS) is 13.3. The van der Waals surface area contributed by atoms with Crippen molar-refractivity contribution in [2.24, 2.45) is 0 Å². The highest BCUT2D eigenvalue weighted by molar-refractivity contribution is 6.01. The molecule has 2 aromatic rings. The zero-order valence-corrected chi connectivity index (χ0v) is 15.9. The van der Waals surface area contributed by atoms with E-state index in [0.717, 1.165) is 6.07 Å². The summed E-state index contributed by atoms with van der Waals surface area (Å²) in [6, 6.07) is 6.84. The number of halogens is 3. The average Bonchev–Trinajstić information content (AvgIpc) is 3.05. The van der Waals surface area contributed by atoms with Crippen LogP contribution in [0.4, 0.5) is 19.0 Å². The number of aryl methyl sites for hydroxylation is 1. The molecule has 0 spiro atoms. The van der Waals surface area contributed by atoms with Crippen LogP contribution in [0.15, 0.2) is 34.9 Å². The van der Waals surface area contributed by atoms with Gasteiger partial charge in [0.1, 0.15) is 11.5 Å². The van der Waals surface area contributed by atoms with Crippen molar-refractivity contribution in [3.63, 3.8) is 0 Å². The number of carbonyl (C=O) groups is 2. The van der Waals surface area contributed by atoms with Crippen molar-refractivity contribution in [3.8, 4) is 5.75 Å². The number of rotatable bonds is 8. The number of alkyl halides is 3. The fraction of sp³-hybridized carbons (Fsp3) is 0.389. The van der Waals surface area contributed by atoms with E-state index in [9.17, 15) is 22.8 Å². The summed E-state index contributed by atoms with van der Waals surface area (Å²) in [6.45, 7) is 4.28. The third-order valence-corrected chi connectivity index (χ3v) is 3.68. The molecule has 0 fully saturated rings. The smallest absolute Gasteiger partial charge is 0.441 e. The van der Waals surface area contributed by atoms with Gasteiger partial charge >= 0.3 is 17.8 Å². The number of amides is 1. The zero-order chi connectivity index (χ0) is 21.7. The van der Waals surface area contributed by atoms with Crippen LogP contribution < -0.4 is 15.4 Å². The van der Waals surface area contributed by atoms with Crippen LogP contribution in [-0.4, -0.2) is 42.1 Å². The van der Waals surface area contributed by atoms with Crippen molar-refractivity contribution >= 4 is 17.7 Å². The summed E-state index contributed by atoms with van der Waals surface area (Å²) in [4.78, 5) is 25.1. The van der Waals surface area contributed by atoms with Crippen molar-refractivity contribution in [2.75, 3.05) is 18.5 Å². The van der Waals surface area contributed by atoms with E-state index in [1.807, 2.05) is 5.32 Å². The molecule has 0 bridgehead atoms. The molecule has 0 radical (unpaired) electrons. The first-order valence-corrected chi connectivity index (χ1v) is 8.64. The number of esters is 1. The highest BCUT2D eigenvalue weighted by Gasteiger charge is 2.64. The molecule has 29 heavy (non-hydrogen) atoms. The van der Waals surface area contributed by atoms with Crippen LogP contribution >= 0.6 is 0 Å². The maximum Gasteiger partial charge on any atom is 0.441 e. The molecule has 1 heterocycles. The zero-order valence-electron chi connectivity index (χ0n) is 15.9. The monoisotopic (exact) mass is 415 g/mol. The number of nitrogens with zero attached hydrogens (tertiary/aromatic N) is 1. The predicted molar refractivity (Wildman–Crippen MR) is 95.4 cm³/mol. The van der Waals surface area contributed by atoms with E-state index in [2.05, 4.69) is 9.89 Å². The number of aromatic nitrogens is 1. The minimum atomic E-state index is -5.29. The van der Waals surface area contributed by atoms with E-state index < -0.39 is 29.5 Å². The Hall–Kier alpha value is -3.24. The van der Waals surface area contributed by atoms with Crippen molar-refractivity contribution in [1.29, 1.82) is 0 Å². The van der Waals surface area contributed by atoms with Gasteiger partial charge in [0, 0.05) is 6.07 Å². The van der Waals surface area contributed by atoms with Crippen LogP contribution in [0.3, 0.4) is 0 Å². The molecule has 0 unspecified atom stereocenters. The first kappa shape index (κ1) is 22.1. The summed E-state index contributed by atoms with van der Waals surface area (Å²) in [5.41, 5.74) is -3.80. The number of carbonyl (C=O) groups excluding carboxylic acids is 2. The molecule has 0 saturated heterocycles. The molecule has 1 atom stereocenters. The highest BCUT2D eigenvalue weighted by Crippen LogP contribution is 2.34. The molecule has 1 amide bonds. The average molecular weight is 415 g/mol. The largest absolute Gasteiger partial charge is 0.493 e. The number of ether oxygens (including phenoxy) is 2. The predicted octanol–water partition coefficient (Wildman–Crippen LogP) is 3.05. The first-order chi connectivity index (χ1) is 13.6. The van der Waals surface area contributed by atoms with Crippen molar-refractivity contribution in [2.45, 2.75) is 32.6 Å². The van der Waals surface area contributed by atoms with Gasteiger partial charge in [-0.1, -0.05) is 17.3 Å². The second kappa shape index (κ2) is 8.84. The fourth-order valence-electron chi connectivity index (χ4n) is 2.42. The molecule has 0 aliphatic heterocycles. The Morgan fingerprint density at radius 2 is 1.86 bits per heavy atom. The lowest BCUT2D eigenvalue weighted by Crippen LogP contribution is -2.69. The molecule has 1 aromatic carbocycles. The van der Waals surface area contributed by atoms with Crippen LogP contribution in [0.25, 0.3) is 0 Å². The summed E-state index contributed by atoms with van der Waals surface area (Å²) < 4.78 is 56.9. The lowest BCUT2D eigenvalue weighted by Gasteiger charge is -2.34. The number of para-hydroxylation sites is 1. The number of benzene rings is 1. The quantitative estimate of drug-likeness (QED) is 0.505. The van der Waals surface area contributed by atoms with Gasteiger partial charge in [-0.2, -0.15) is 13.2 Å². The third-order valence-electron chi connectivity index (χ3n) is 3.68. The summed E-state index contributed by atoms with van der Waals surface area (Å²) >= 11 is 0. The van der Waals surface area contributed by atoms with E-state index in [0.29, 0.717) is 0 Å². The maximum atomic E-state index is 14.1. The molecule has 1 aromatic heterocycles. The summed E-state index contributed by atoms with van der Waals surface area (Å²) in [6.07, 6.45) is -5.29. The Labute approximate surface area is 164 Å². The molecule has 0 aliphatic carbocycles. The minimum absolute atomic E-state index is 0.0599. The molecular weight excluding hydrogens is 395 g/mol. The standard InChI is InChI=1S/C18H20F3N3O5/c1-4-27-13-9-7-6-8-12(13)15(25)23-17(18(19,20)21,16(26)28-5-2)22-14-10-11(3)29-24-14/h6-10H,4-5H2,1-3H3,(H,22,24)(H,23,25)/t17-/m0/s1. The molecule has 2 N–H and O–H groups in total. The molecule has 8 nitrogen and oxygen atoms in total. The maximum absolute atomic E-state index is 14.1. The van der Waals surface area contributed by atoms with Crippen LogP contribution in [0.5, 0.6) is 5.75 Å². The Balaban J connectivity index is 2.51. The van der Waals surface area contributed by atoms with E-state index in [1.54, 1.807) is 18.3 Å². The molecule has 0 aliphatic rings. The molecule has 2 rings (SSSR count). The van der Waals surface area contributed by atoms with Gasteiger partial charge in [0.15, 0.2) is 5.82 Å². The Morgan fingerprint density at radius 1 is 1.17 bits per heavy atom. The van der Waals surface area contributed by atoms with Crippen LogP contribution in [0.1, 0.15) is 30.0 Å². The Kier molecular flexibility index (Phi) is 6.72. The lowest BCUT2D eigenvalue weighted by atomic mass is 10.1. The van der Waals surface area contributed by atoms with Gasteiger partial charge in [0.2, 0.25) is 0 Å². The highest BCUT2D eigenvalue weighted by atomic mass is 19.4. The van der Waals surface area contributed by atoms with Gasteiger partial charge in [-0.15, -0.1) is 0 Å². The van der Waals surface area contributed by atoms with Gasteiger partial charge in [0.25, 0.3) is 5.91 Å². The number of nitrogens with one attached hydrogen (secondary N) is 2. The first-order valence-electron chi connectivity index (χ1n) is 8.64. The van der Waals surface area contributed by atoms with Gasteiger partial charge in [-0.25, -0.2) is 4.79 Å². The summed E-state index contributed by atoms with van der Waals surface area (Å²) in [5, 5.41) is 7.04. The van der Waals surface area contributed by atoms with E-state index in [-0.39, 0.29) is 30.3 Å². The molecule has 158 valence electrons. The fourth-order valence-corrected chi connectivity index (χ4v) is 2.42. The number of hydrogen-bond acceptors (Lipinski definition) is 7. The second-order valence-electron chi connectivity index (χ2n) is 5.80. The van der Waals surface area contributed by atoms with Gasteiger partial charge in [-0.05, 0) is 32.9 Å². The lowest BCUT2D eigenvalue weighted by molar-refractivity contribution is -0.204. The third kappa shape index (κ3) is 4.79.